The average molecular weight is 151 g/mol. The van der Waals surface area contributed by atoms with Crippen LogP contribution in [-0.2, 0) is 0 Å². The Kier molecular flexibility index (Phi) is 2.38. The van der Waals surface area contributed by atoms with Gasteiger partial charge in [-0.25, -0.2) is 0 Å². The molecular formula is C10H17N. The molecule has 1 atom stereocenters. The summed E-state index contributed by atoms with van der Waals surface area (Å²) in [5.41, 5.74) is 2.84. The van der Waals surface area contributed by atoms with Gasteiger partial charge in [0.1, 0.15) is 0 Å². The summed E-state index contributed by atoms with van der Waals surface area (Å²) in [5.74, 6) is 0. The number of allylic oxidation sites excluding steroid dienone is 2. The molecule has 1 nitrogen and oxygen atoms in total. The molecule has 0 amide bonds. The van der Waals surface area contributed by atoms with Crippen molar-refractivity contribution in [3.05, 3.63) is 23.4 Å². The second-order valence-electron chi connectivity index (χ2n) is 3.35. The smallest absolute Gasteiger partial charge is 0.0491 e. The SMILES string of the molecule is CCC1C(C)=CC(C)=CN1C. The lowest BCUT2D eigenvalue weighted by Gasteiger charge is -2.30. The van der Waals surface area contributed by atoms with Crippen LogP contribution in [0.3, 0.4) is 0 Å². The number of nitrogens with zero attached hydrogens (tertiary/aromatic N) is 1. The molecule has 11 heavy (non-hydrogen) atoms. The highest BCUT2D eigenvalue weighted by Crippen LogP contribution is 2.20. The van der Waals surface area contributed by atoms with Crippen molar-refractivity contribution >= 4 is 0 Å². The predicted molar refractivity (Wildman–Crippen MR) is 49.4 cm³/mol. The minimum absolute atomic E-state index is 0.624. The maximum Gasteiger partial charge on any atom is 0.0491 e. The first-order valence-electron chi connectivity index (χ1n) is 4.23. The molecule has 1 unspecified atom stereocenters. The minimum atomic E-state index is 0.624. The van der Waals surface area contributed by atoms with E-state index in [9.17, 15) is 0 Å². The van der Waals surface area contributed by atoms with Crippen molar-refractivity contribution in [3.8, 4) is 0 Å². The van der Waals surface area contributed by atoms with E-state index in [0.29, 0.717) is 6.04 Å². The second-order valence-corrected chi connectivity index (χ2v) is 3.35. The molecule has 0 N–H and O–H groups in total. The topological polar surface area (TPSA) is 3.24 Å². The van der Waals surface area contributed by atoms with E-state index in [4.69, 9.17) is 0 Å². The van der Waals surface area contributed by atoms with Gasteiger partial charge in [0.15, 0.2) is 0 Å². The normalized spacial score (nSPS) is 24.7. The van der Waals surface area contributed by atoms with Crippen LogP contribution in [0.2, 0.25) is 0 Å². The Hall–Kier alpha value is -0.720. The van der Waals surface area contributed by atoms with E-state index in [1.165, 1.54) is 17.6 Å². The molecule has 0 aromatic carbocycles. The van der Waals surface area contributed by atoms with Crippen LogP contribution in [0.1, 0.15) is 27.2 Å². The summed E-state index contributed by atoms with van der Waals surface area (Å²) in [6, 6.07) is 0.624. The summed E-state index contributed by atoms with van der Waals surface area (Å²) < 4.78 is 0. The highest BCUT2D eigenvalue weighted by Gasteiger charge is 2.14. The van der Waals surface area contributed by atoms with E-state index in [1.807, 2.05) is 0 Å². The van der Waals surface area contributed by atoms with E-state index < -0.39 is 0 Å². The second kappa shape index (κ2) is 3.12. The lowest BCUT2D eigenvalue weighted by molar-refractivity contribution is 0.352. The molecule has 0 bridgehead atoms. The van der Waals surface area contributed by atoms with Gasteiger partial charge in [0.2, 0.25) is 0 Å². The van der Waals surface area contributed by atoms with Crippen LogP contribution < -0.4 is 0 Å². The van der Waals surface area contributed by atoms with E-state index in [1.54, 1.807) is 0 Å². The highest BCUT2D eigenvalue weighted by atomic mass is 15.1. The molecule has 62 valence electrons. The Labute approximate surface area is 69.4 Å². The van der Waals surface area contributed by atoms with Crippen LogP contribution in [0, 0.1) is 0 Å². The van der Waals surface area contributed by atoms with Gasteiger partial charge in [-0.3, -0.25) is 0 Å². The quantitative estimate of drug-likeness (QED) is 0.556. The van der Waals surface area contributed by atoms with E-state index in [-0.39, 0.29) is 0 Å². The molecule has 1 heteroatoms. The summed E-state index contributed by atoms with van der Waals surface area (Å²) in [6.07, 6.45) is 5.68. The van der Waals surface area contributed by atoms with Crippen LogP contribution in [0.4, 0.5) is 0 Å². The molecule has 0 fully saturated rings. The fourth-order valence-electron chi connectivity index (χ4n) is 1.83. The Bertz CT molecular complexity index is 201. The third kappa shape index (κ3) is 1.65. The number of hydrogen-bond donors (Lipinski definition) is 0. The first kappa shape index (κ1) is 8.38. The largest absolute Gasteiger partial charge is 0.374 e. The van der Waals surface area contributed by atoms with Gasteiger partial charge in [-0.2, -0.15) is 0 Å². The summed E-state index contributed by atoms with van der Waals surface area (Å²) in [6.45, 7) is 6.58. The Balaban J connectivity index is 2.82. The maximum absolute atomic E-state index is 2.30. The molecule has 0 saturated heterocycles. The minimum Gasteiger partial charge on any atom is -0.374 e. The van der Waals surface area contributed by atoms with Crippen molar-refractivity contribution < 1.29 is 0 Å². The van der Waals surface area contributed by atoms with Crippen molar-refractivity contribution in [3.63, 3.8) is 0 Å². The first-order chi connectivity index (χ1) is 5.15. The summed E-state index contributed by atoms with van der Waals surface area (Å²) >= 11 is 0. The fourth-order valence-corrected chi connectivity index (χ4v) is 1.83. The Morgan fingerprint density at radius 3 is 2.55 bits per heavy atom. The van der Waals surface area contributed by atoms with Crippen LogP contribution in [0.15, 0.2) is 23.4 Å². The Morgan fingerprint density at radius 1 is 1.45 bits per heavy atom. The maximum atomic E-state index is 2.30. The van der Waals surface area contributed by atoms with Crippen molar-refractivity contribution in [1.82, 2.24) is 4.90 Å². The van der Waals surface area contributed by atoms with Crippen molar-refractivity contribution in [2.24, 2.45) is 0 Å². The number of rotatable bonds is 1. The number of likely N-dealkylation sites (N-methyl/N-ethyl adjacent to an activating group) is 1. The molecule has 1 rings (SSSR count). The Morgan fingerprint density at radius 2 is 2.09 bits per heavy atom. The highest BCUT2D eigenvalue weighted by molar-refractivity contribution is 5.28. The van der Waals surface area contributed by atoms with E-state index >= 15 is 0 Å². The lowest BCUT2D eigenvalue weighted by Crippen LogP contribution is -2.29. The van der Waals surface area contributed by atoms with Crippen LogP contribution in [-0.4, -0.2) is 18.0 Å². The number of hydrogen-bond acceptors (Lipinski definition) is 1. The summed E-state index contributed by atoms with van der Waals surface area (Å²) in [5, 5.41) is 0. The zero-order valence-corrected chi connectivity index (χ0v) is 7.89. The van der Waals surface area contributed by atoms with Crippen LogP contribution in [0.25, 0.3) is 0 Å². The molecule has 0 aromatic rings. The first-order valence-corrected chi connectivity index (χ1v) is 4.23. The van der Waals surface area contributed by atoms with Gasteiger partial charge in [0.25, 0.3) is 0 Å². The van der Waals surface area contributed by atoms with Crippen molar-refractivity contribution in [1.29, 1.82) is 0 Å². The lowest BCUT2D eigenvalue weighted by atomic mass is 10.00. The molecule has 0 spiro atoms. The molecule has 0 aromatic heterocycles. The zero-order chi connectivity index (χ0) is 8.43. The summed E-state index contributed by atoms with van der Waals surface area (Å²) in [7, 11) is 2.15. The molecule has 0 radical (unpaired) electrons. The van der Waals surface area contributed by atoms with Crippen molar-refractivity contribution in [2.75, 3.05) is 7.05 Å². The van der Waals surface area contributed by atoms with Gasteiger partial charge >= 0.3 is 0 Å². The third-order valence-electron chi connectivity index (χ3n) is 2.27. The average Bonchev–Trinajstić information content (AvgIpc) is 1.85. The monoisotopic (exact) mass is 151 g/mol. The molecule has 1 aliphatic heterocycles. The van der Waals surface area contributed by atoms with Gasteiger partial charge in [-0.1, -0.05) is 18.6 Å². The van der Waals surface area contributed by atoms with Gasteiger partial charge in [-0.05, 0) is 25.8 Å². The van der Waals surface area contributed by atoms with Gasteiger partial charge < -0.3 is 4.90 Å². The molecule has 0 saturated carbocycles. The van der Waals surface area contributed by atoms with Crippen LogP contribution >= 0.6 is 0 Å². The van der Waals surface area contributed by atoms with E-state index in [2.05, 4.69) is 45.0 Å². The van der Waals surface area contributed by atoms with Gasteiger partial charge in [0, 0.05) is 19.3 Å². The van der Waals surface area contributed by atoms with Gasteiger partial charge in [-0.15, -0.1) is 0 Å². The third-order valence-corrected chi connectivity index (χ3v) is 2.27. The molecule has 1 aliphatic rings. The standard InChI is InChI=1S/C10H17N/c1-5-10-9(3)6-8(2)7-11(10)4/h6-7,10H,5H2,1-4H3. The van der Waals surface area contributed by atoms with Crippen molar-refractivity contribution in [2.45, 2.75) is 33.2 Å². The predicted octanol–water partition coefficient (Wildman–Crippen LogP) is 2.56. The zero-order valence-electron chi connectivity index (χ0n) is 7.89. The van der Waals surface area contributed by atoms with E-state index in [0.717, 1.165) is 0 Å². The molecular weight excluding hydrogens is 134 g/mol. The summed E-state index contributed by atoms with van der Waals surface area (Å²) in [4.78, 5) is 2.30. The van der Waals surface area contributed by atoms with Crippen LogP contribution in [0.5, 0.6) is 0 Å². The molecule has 0 aliphatic carbocycles. The molecule has 1 heterocycles. The fraction of sp³-hybridized carbons (Fsp3) is 0.600. The van der Waals surface area contributed by atoms with Gasteiger partial charge in [0.05, 0.1) is 0 Å².